The molecule has 1 saturated heterocycles. The summed E-state index contributed by atoms with van der Waals surface area (Å²) in [7, 11) is 0. The fraction of sp³-hybridized carbons (Fsp3) is 0.600. The summed E-state index contributed by atoms with van der Waals surface area (Å²) in [6.07, 6.45) is 12.9. The minimum atomic E-state index is 0.313. The Morgan fingerprint density at radius 2 is 1.74 bits per heavy atom. The van der Waals surface area contributed by atoms with E-state index in [1.54, 1.807) is 0 Å². The molecule has 10 nitrogen and oxygen atoms in total. The molecule has 35 heavy (non-hydrogen) atoms. The fourth-order valence-electron chi connectivity index (χ4n) is 5.66. The van der Waals surface area contributed by atoms with Crippen LogP contribution in [0.15, 0.2) is 24.7 Å². The van der Waals surface area contributed by atoms with Gasteiger partial charge in [0.25, 0.3) is 0 Å². The molecule has 3 aromatic rings. The number of rotatable bonds is 6. The minimum Gasteiger partial charge on any atom is -0.368 e. The zero-order valence-electron chi connectivity index (χ0n) is 20.3. The second kappa shape index (κ2) is 9.94. The first-order valence-electron chi connectivity index (χ1n) is 13.2. The van der Waals surface area contributed by atoms with Gasteiger partial charge in [0.2, 0.25) is 5.95 Å². The van der Waals surface area contributed by atoms with Crippen LogP contribution in [0, 0.1) is 0 Å². The summed E-state index contributed by atoms with van der Waals surface area (Å²) in [6.45, 7) is 4.01. The molecular weight excluding hydrogens is 440 g/mol. The topological polar surface area (TPSA) is 122 Å². The molecule has 10 heteroatoms. The van der Waals surface area contributed by atoms with E-state index in [0.29, 0.717) is 29.9 Å². The van der Waals surface area contributed by atoms with E-state index < -0.39 is 0 Å². The van der Waals surface area contributed by atoms with Crippen LogP contribution in [0.25, 0.3) is 11.2 Å². The highest BCUT2D eigenvalue weighted by Gasteiger charge is 2.24. The molecule has 1 aliphatic heterocycles. The Hall–Kier alpha value is -2.98. The van der Waals surface area contributed by atoms with E-state index in [9.17, 15) is 0 Å². The van der Waals surface area contributed by atoms with Crippen molar-refractivity contribution in [2.75, 3.05) is 41.7 Å². The molecule has 0 bridgehead atoms. The Balaban J connectivity index is 1.28. The Labute approximate surface area is 206 Å². The SMILES string of the molecule is NC1CCC(Nc2nc(Nc3ccc(N4CCNCC4)cn3)c3ncn(C4CCCC4)c3n2)CC1. The number of hydrogen-bond acceptors (Lipinski definition) is 9. The van der Waals surface area contributed by atoms with Gasteiger partial charge in [0.1, 0.15) is 5.82 Å². The van der Waals surface area contributed by atoms with Gasteiger partial charge in [0.15, 0.2) is 17.0 Å². The summed E-state index contributed by atoms with van der Waals surface area (Å²) in [5.74, 6) is 2.11. The lowest BCUT2D eigenvalue weighted by molar-refractivity contribution is 0.410. The third kappa shape index (κ3) is 4.90. The van der Waals surface area contributed by atoms with Crippen LogP contribution in [0.5, 0.6) is 0 Å². The van der Waals surface area contributed by atoms with Crippen LogP contribution < -0.4 is 26.6 Å². The van der Waals surface area contributed by atoms with E-state index in [0.717, 1.165) is 74.5 Å². The number of fused-ring (bicyclic) bond motifs is 1. The molecule has 3 aliphatic rings. The molecule has 6 rings (SSSR count). The summed E-state index contributed by atoms with van der Waals surface area (Å²) in [6, 6.07) is 5.27. The molecule has 0 aromatic carbocycles. The third-order valence-electron chi connectivity index (χ3n) is 7.72. The van der Waals surface area contributed by atoms with Crippen molar-refractivity contribution in [3.05, 3.63) is 24.7 Å². The molecule has 0 spiro atoms. The van der Waals surface area contributed by atoms with Crippen molar-refractivity contribution >= 4 is 34.4 Å². The zero-order chi connectivity index (χ0) is 23.6. The van der Waals surface area contributed by atoms with Crippen molar-refractivity contribution in [2.45, 2.75) is 69.5 Å². The van der Waals surface area contributed by atoms with Gasteiger partial charge in [-0.25, -0.2) is 9.97 Å². The molecule has 0 atom stereocenters. The van der Waals surface area contributed by atoms with Crippen molar-refractivity contribution in [1.82, 2.24) is 29.8 Å². The second-order valence-electron chi connectivity index (χ2n) is 10.2. The monoisotopic (exact) mass is 476 g/mol. The van der Waals surface area contributed by atoms with E-state index in [1.165, 1.54) is 25.7 Å². The Morgan fingerprint density at radius 3 is 2.49 bits per heavy atom. The molecule has 0 radical (unpaired) electrons. The number of nitrogens with two attached hydrogens (primary N) is 1. The zero-order valence-corrected chi connectivity index (χ0v) is 20.3. The van der Waals surface area contributed by atoms with Crippen LogP contribution in [0.2, 0.25) is 0 Å². The van der Waals surface area contributed by atoms with Crippen LogP contribution in [0.4, 0.5) is 23.3 Å². The lowest BCUT2D eigenvalue weighted by Gasteiger charge is -2.29. The van der Waals surface area contributed by atoms with Gasteiger partial charge < -0.3 is 31.2 Å². The maximum atomic E-state index is 6.12. The van der Waals surface area contributed by atoms with Gasteiger partial charge in [0.05, 0.1) is 18.2 Å². The van der Waals surface area contributed by atoms with Gasteiger partial charge in [-0.3, -0.25) is 0 Å². The first-order chi connectivity index (χ1) is 17.2. The summed E-state index contributed by atoms with van der Waals surface area (Å²) in [5.41, 5.74) is 8.94. The van der Waals surface area contributed by atoms with Crippen LogP contribution in [0.1, 0.15) is 57.4 Å². The van der Waals surface area contributed by atoms with Crippen molar-refractivity contribution in [2.24, 2.45) is 5.73 Å². The second-order valence-corrected chi connectivity index (χ2v) is 10.2. The number of nitrogens with one attached hydrogen (secondary N) is 3. The molecule has 186 valence electrons. The number of nitrogens with zero attached hydrogens (tertiary/aromatic N) is 6. The van der Waals surface area contributed by atoms with Crippen LogP contribution in [-0.2, 0) is 0 Å². The van der Waals surface area contributed by atoms with Gasteiger partial charge in [0, 0.05) is 44.3 Å². The van der Waals surface area contributed by atoms with Crippen molar-refractivity contribution < 1.29 is 0 Å². The molecule has 3 aromatic heterocycles. The highest BCUT2D eigenvalue weighted by molar-refractivity contribution is 5.86. The Morgan fingerprint density at radius 1 is 0.943 bits per heavy atom. The summed E-state index contributed by atoms with van der Waals surface area (Å²) >= 11 is 0. The Bertz CT molecular complexity index is 1120. The summed E-state index contributed by atoms with van der Waals surface area (Å²) in [4.78, 5) is 21.6. The smallest absolute Gasteiger partial charge is 0.227 e. The first-order valence-corrected chi connectivity index (χ1v) is 13.2. The first kappa shape index (κ1) is 22.5. The number of aromatic nitrogens is 5. The maximum Gasteiger partial charge on any atom is 0.227 e. The average Bonchev–Trinajstić information content (AvgIpc) is 3.57. The molecular formula is C25H36N10. The summed E-state index contributed by atoms with van der Waals surface area (Å²) in [5, 5.41) is 10.4. The minimum absolute atomic E-state index is 0.313. The maximum absolute atomic E-state index is 6.12. The van der Waals surface area contributed by atoms with Crippen LogP contribution in [-0.4, -0.2) is 62.8 Å². The number of anilines is 4. The normalized spacial score (nSPS) is 23.6. The molecule has 0 amide bonds. The van der Waals surface area contributed by atoms with E-state index >= 15 is 0 Å². The quantitative estimate of drug-likeness (QED) is 0.425. The van der Waals surface area contributed by atoms with Gasteiger partial charge in [-0.05, 0) is 50.7 Å². The van der Waals surface area contributed by atoms with Crippen molar-refractivity contribution in [3.63, 3.8) is 0 Å². The molecule has 3 fully saturated rings. The number of hydrogen-bond donors (Lipinski definition) is 4. The highest BCUT2D eigenvalue weighted by Crippen LogP contribution is 2.34. The Kier molecular flexibility index (Phi) is 6.39. The van der Waals surface area contributed by atoms with E-state index in [-0.39, 0.29) is 0 Å². The third-order valence-corrected chi connectivity index (χ3v) is 7.72. The standard InChI is InChI=1S/C25H36N10/c26-17-5-7-18(8-6-17)30-25-32-23(22-24(33-25)35(16-29-22)19-3-1-2-4-19)31-21-10-9-20(15-28-21)34-13-11-27-12-14-34/h9-10,15-19,27H,1-8,11-14,26H2,(H2,28,30,31,32,33). The molecule has 5 N–H and O–H groups in total. The van der Waals surface area contributed by atoms with Crippen molar-refractivity contribution in [1.29, 1.82) is 0 Å². The fourth-order valence-corrected chi connectivity index (χ4v) is 5.66. The van der Waals surface area contributed by atoms with Crippen LogP contribution in [0.3, 0.4) is 0 Å². The van der Waals surface area contributed by atoms with Gasteiger partial charge in [-0.15, -0.1) is 0 Å². The number of pyridine rings is 1. The van der Waals surface area contributed by atoms with E-state index in [1.807, 2.05) is 18.6 Å². The van der Waals surface area contributed by atoms with E-state index in [2.05, 4.69) is 31.5 Å². The predicted molar refractivity (Wildman–Crippen MR) is 139 cm³/mol. The van der Waals surface area contributed by atoms with E-state index in [4.69, 9.17) is 25.7 Å². The number of imidazole rings is 1. The molecule has 2 saturated carbocycles. The molecule has 2 aliphatic carbocycles. The van der Waals surface area contributed by atoms with Gasteiger partial charge in [-0.1, -0.05) is 12.8 Å². The average molecular weight is 477 g/mol. The molecule has 4 heterocycles. The highest BCUT2D eigenvalue weighted by atomic mass is 15.2. The van der Waals surface area contributed by atoms with Gasteiger partial charge >= 0.3 is 0 Å². The van der Waals surface area contributed by atoms with Crippen molar-refractivity contribution in [3.8, 4) is 0 Å². The predicted octanol–water partition coefficient (Wildman–Crippen LogP) is 3.17. The summed E-state index contributed by atoms with van der Waals surface area (Å²) < 4.78 is 2.25. The van der Waals surface area contributed by atoms with Gasteiger partial charge in [-0.2, -0.15) is 9.97 Å². The lowest BCUT2D eigenvalue weighted by Crippen LogP contribution is -2.43. The van der Waals surface area contributed by atoms with Crippen LogP contribution >= 0.6 is 0 Å². The molecule has 0 unspecified atom stereocenters. The number of piperazine rings is 1. The lowest BCUT2D eigenvalue weighted by atomic mass is 9.92. The largest absolute Gasteiger partial charge is 0.368 e.